The Kier molecular flexibility index (Phi) is 3.24. The van der Waals surface area contributed by atoms with Crippen LogP contribution in [0, 0.1) is 13.8 Å². The Labute approximate surface area is 127 Å². The molecule has 0 amide bonds. The van der Waals surface area contributed by atoms with Crippen LogP contribution in [0.3, 0.4) is 0 Å². The van der Waals surface area contributed by atoms with Gasteiger partial charge in [0.15, 0.2) is 0 Å². The largest absolute Gasteiger partial charge is 0.469 e. The summed E-state index contributed by atoms with van der Waals surface area (Å²) in [5.74, 6) is 0.117. The van der Waals surface area contributed by atoms with Crippen molar-refractivity contribution in [2.75, 3.05) is 7.11 Å². The second-order valence-corrected chi connectivity index (χ2v) is 5.48. The Morgan fingerprint density at radius 3 is 2.64 bits per heavy atom. The molecule has 3 rings (SSSR count). The maximum absolute atomic E-state index is 12.3. The number of nitrogens with zero attached hydrogens (tertiary/aromatic N) is 3. The van der Waals surface area contributed by atoms with Gasteiger partial charge in [0.1, 0.15) is 0 Å². The van der Waals surface area contributed by atoms with Crippen molar-refractivity contribution in [3.05, 3.63) is 45.4 Å². The van der Waals surface area contributed by atoms with Crippen molar-refractivity contribution in [2.24, 2.45) is 7.05 Å². The number of hydrogen-bond donors (Lipinski definition) is 0. The monoisotopic (exact) mass is 299 g/mol. The fourth-order valence-corrected chi connectivity index (χ4v) is 2.57. The molecule has 0 fully saturated rings. The van der Waals surface area contributed by atoms with Gasteiger partial charge in [-0.15, -0.1) is 0 Å². The van der Waals surface area contributed by atoms with Crippen LogP contribution in [0.1, 0.15) is 16.7 Å². The normalized spacial score (nSPS) is 11.3. The molecule has 2 heterocycles. The lowest BCUT2D eigenvalue weighted by molar-refractivity contribution is -0.139. The van der Waals surface area contributed by atoms with Gasteiger partial charge in [0.2, 0.25) is 5.78 Å². The van der Waals surface area contributed by atoms with Crippen LogP contribution in [0.4, 0.5) is 0 Å². The highest BCUT2D eigenvalue weighted by atomic mass is 16.5. The molecule has 6 heteroatoms. The third-order valence-corrected chi connectivity index (χ3v) is 4.01. The van der Waals surface area contributed by atoms with Gasteiger partial charge in [-0.25, -0.2) is 4.98 Å². The molecular formula is C16H17N3O3. The average Bonchev–Trinajstić information content (AvgIpc) is 2.83. The number of carbonyl (C=O) groups excluding carboxylic acids is 1. The molecule has 22 heavy (non-hydrogen) atoms. The van der Waals surface area contributed by atoms with E-state index in [0.717, 1.165) is 22.2 Å². The molecule has 0 bridgehead atoms. The summed E-state index contributed by atoms with van der Waals surface area (Å²) in [6.45, 7) is 4.06. The van der Waals surface area contributed by atoms with E-state index in [1.54, 1.807) is 13.2 Å². The summed E-state index contributed by atoms with van der Waals surface area (Å²) in [6, 6.07) is 4.04. The van der Waals surface area contributed by atoms with E-state index in [-0.39, 0.29) is 12.0 Å². The summed E-state index contributed by atoms with van der Waals surface area (Å²) in [5, 5.41) is 0. The van der Waals surface area contributed by atoms with Crippen molar-refractivity contribution in [3.63, 3.8) is 0 Å². The highest BCUT2D eigenvalue weighted by Gasteiger charge is 2.15. The molecule has 0 radical (unpaired) electrons. The van der Waals surface area contributed by atoms with E-state index in [4.69, 9.17) is 0 Å². The van der Waals surface area contributed by atoms with Crippen LogP contribution in [0.15, 0.2) is 23.1 Å². The summed E-state index contributed by atoms with van der Waals surface area (Å²) >= 11 is 0. The molecule has 3 aromatic rings. The van der Waals surface area contributed by atoms with E-state index in [2.05, 4.69) is 9.72 Å². The van der Waals surface area contributed by atoms with Gasteiger partial charge in [-0.2, -0.15) is 0 Å². The number of hydrogen-bond acceptors (Lipinski definition) is 4. The molecule has 0 saturated heterocycles. The Morgan fingerprint density at radius 2 is 1.95 bits per heavy atom. The van der Waals surface area contributed by atoms with Crippen LogP contribution >= 0.6 is 0 Å². The number of methoxy groups -OCH3 is 1. The van der Waals surface area contributed by atoms with E-state index >= 15 is 0 Å². The summed E-state index contributed by atoms with van der Waals surface area (Å²) in [6.07, 6.45) is 1.63. The Bertz CT molecular complexity index is 966. The van der Waals surface area contributed by atoms with Gasteiger partial charge in [0.25, 0.3) is 5.56 Å². The maximum atomic E-state index is 12.3. The van der Waals surface area contributed by atoms with E-state index in [9.17, 15) is 9.59 Å². The van der Waals surface area contributed by atoms with E-state index < -0.39 is 5.97 Å². The minimum absolute atomic E-state index is 0.0520. The third kappa shape index (κ3) is 2.07. The molecule has 2 aromatic heterocycles. The maximum Gasteiger partial charge on any atom is 0.310 e. The van der Waals surface area contributed by atoms with Gasteiger partial charge in [-0.05, 0) is 37.1 Å². The highest BCUT2D eigenvalue weighted by Crippen LogP contribution is 2.20. The zero-order chi connectivity index (χ0) is 16.0. The molecule has 0 unspecified atom stereocenters. The van der Waals surface area contributed by atoms with Gasteiger partial charge in [-0.1, -0.05) is 0 Å². The first kappa shape index (κ1) is 14.3. The molecule has 0 atom stereocenters. The minimum atomic E-state index is -0.437. The van der Waals surface area contributed by atoms with Gasteiger partial charge in [0.05, 0.1) is 24.6 Å². The number of rotatable bonds is 2. The molecule has 114 valence electrons. The van der Waals surface area contributed by atoms with Crippen LogP contribution in [0.2, 0.25) is 0 Å². The quantitative estimate of drug-likeness (QED) is 0.673. The number of esters is 1. The van der Waals surface area contributed by atoms with Crippen molar-refractivity contribution >= 4 is 22.8 Å². The zero-order valence-corrected chi connectivity index (χ0v) is 13.0. The van der Waals surface area contributed by atoms with Crippen LogP contribution in [0.5, 0.6) is 0 Å². The SMILES string of the molecule is COC(=O)Cc1cn2c3cc(C)c(C)cc3nc2n(C)c1=O. The smallest absolute Gasteiger partial charge is 0.310 e. The van der Waals surface area contributed by atoms with Crippen LogP contribution in [0.25, 0.3) is 16.8 Å². The fourth-order valence-electron chi connectivity index (χ4n) is 2.57. The number of benzene rings is 1. The summed E-state index contributed by atoms with van der Waals surface area (Å²) in [7, 11) is 2.97. The van der Waals surface area contributed by atoms with Gasteiger partial charge < -0.3 is 4.74 Å². The molecule has 0 spiro atoms. The first-order chi connectivity index (χ1) is 10.4. The Hall–Kier alpha value is -2.63. The van der Waals surface area contributed by atoms with E-state index in [1.807, 2.05) is 30.4 Å². The first-order valence-electron chi connectivity index (χ1n) is 6.97. The number of carbonyl (C=O) groups is 1. The van der Waals surface area contributed by atoms with Crippen LogP contribution < -0.4 is 5.56 Å². The molecular weight excluding hydrogens is 282 g/mol. The predicted octanol–water partition coefficient (Wildman–Crippen LogP) is 1.52. The summed E-state index contributed by atoms with van der Waals surface area (Å²) in [5.41, 5.74) is 4.20. The van der Waals surface area contributed by atoms with Crippen molar-refractivity contribution < 1.29 is 9.53 Å². The molecule has 0 saturated carbocycles. The predicted molar refractivity (Wildman–Crippen MR) is 83.1 cm³/mol. The Balaban J connectivity index is 2.35. The zero-order valence-electron chi connectivity index (χ0n) is 13.0. The minimum Gasteiger partial charge on any atom is -0.469 e. The van der Waals surface area contributed by atoms with Crippen LogP contribution in [-0.4, -0.2) is 27.0 Å². The molecule has 6 nitrogen and oxygen atoms in total. The second-order valence-electron chi connectivity index (χ2n) is 5.48. The summed E-state index contributed by atoms with van der Waals surface area (Å²) < 4.78 is 7.96. The highest BCUT2D eigenvalue weighted by molar-refractivity contribution is 5.81. The van der Waals surface area contributed by atoms with Gasteiger partial charge >= 0.3 is 5.97 Å². The Morgan fingerprint density at radius 1 is 1.27 bits per heavy atom. The topological polar surface area (TPSA) is 65.6 Å². The summed E-state index contributed by atoms with van der Waals surface area (Å²) in [4.78, 5) is 28.4. The van der Waals surface area contributed by atoms with Crippen LogP contribution in [-0.2, 0) is 23.0 Å². The first-order valence-corrected chi connectivity index (χ1v) is 6.97. The number of aryl methyl sites for hydroxylation is 3. The molecule has 1 aromatic carbocycles. The van der Waals surface area contributed by atoms with E-state index in [0.29, 0.717) is 11.3 Å². The number of ether oxygens (including phenoxy) is 1. The molecule has 0 aliphatic heterocycles. The van der Waals surface area contributed by atoms with Crippen molar-refractivity contribution in [1.29, 1.82) is 0 Å². The molecule has 0 aliphatic carbocycles. The lowest BCUT2D eigenvalue weighted by Gasteiger charge is -2.06. The number of fused-ring (bicyclic) bond motifs is 3. The van der Waals surface area contributed by atoms with Gasteiger partial charge in [-0.3, -0.25) is 18.6 Å². The van der Waals surface area contributed by atoms with Crippen molar-refractivity contribution in [1.82, 2.24) is 14.0 Å². The fraction of sp³-hybridized carbons (Fsp3) is 0.312. The lowest BCUT2D eigenvalue weighted by atomic mass is 10.1. The second kappa shape index (κ2) is 4.98. The van der Waals surface area contributed by atoms with Gasteiger partial charge in [0, 0.05) is 18.8 Å². The lowest BCUT2D eigenvalue weighted by Crippen LogP contribution is -2.25. The van der Waals surface area contributed by atoms with Crippen molar-refractivity contribution in [3.8, 4) is 0 Å². The molecule has 0 aliphatic rings. The standard InChI is InChI=1S/C16H17N3O3/c1-9-5-12-13(6-10(9)2)19-8-11(7-14(20)22-4)15(21)18(3)16(19)17-12/h5-6,8H,7H2,1-4H3. The van der Waals surface area contributed by atoms with E-state index in [1.165, 1.54) is 11.7 Å². The molecule has 0 N–H and O–H groups in total. The third-order valence-electron chi connectivity index (χ3n) is 4.01. The number of aromatic nitrogens is 3. The average molecular weight is 299 g/mol. The number of imidazole rings is 1. The van der Waals surface area contributed by atoms with Crippen molar-refractivity contribution in [2.45, 2.75) is 20.3 Å².